The molecule has 0 unspecified atom stereocenters. The van der Waals surface area contributed by atoms with Crippen LogP contribution in [0, 0.1) is 5.53 Å². The van der Waals surface area contributed by atoms with Gasteiger partial charge in [-0.25, -0.2) is 10.3 Å². The molecule has 0 aromatic heterocycles. The van der Waals surface area contributed by atoms with Gasteiger partial charge in [0.1, 0.15) is 11.3 Å². The number of carboxylic acids is 2. The third-order valence-electron chi connectivity index (χ3n) is 3.55. The number of hydrogen-bond acceptors (Lipinski definition) is 6. The van der Waals surface area contributed by atoms with Crippen LogP contribution in [0.25, 0.3) is 11.1 Å². The molecule has 2 aromatic rings. The molecule has 0 aliphatic carbocycles. The SMILES string of the molecule is N=Nc1cc(-c2ccc(C(=O)NCCC(=O)O)cc2)cc(C(=O)O)c1O. The molecular weight excluding hydrogens is 342 g/mol. The standard InChI is InChI=1S/C17H15N3O6/c18-20-13-8-11(7-12(15(13)23)17(25)26)9-1-3-10(4-2-9)16(24)19-6-5-14(21)22/h1-4,7-8,18,23H,5-6H2,(H,19,24)(H,21,22)(H,25,26). The molecule has 0 radical (unpaired) electrons. The lowest BCUT2D eigenvalue weighted by molar-refractivity contribution is -0.136. The van der Waals surface area contributed by atoms with E-state index in [1.54, 1.807) is 12.1 Å². The molecule has 26 heavy (non-hydrogen) atoms. The van der Waals surface area contributed by atoms with Crippen molar-refractivity contribution in [2.75, 3.05) is 6.54 Å². The molecule has 1 amide bonds. The van der Waals surface area contributed by atoms with Crippen molar-refractivity contribution in [1.29, 1.82) is 5.53 Å². The first-order valence-electron chi connectivity index (χ1n) is 7.41. The Hall–Kier alpha value is -3.75. The first kappa shape index (κ1) is 18.6. The third-order valence-corrected chi connectivity index (χ3v) is 3.55. The zero-order chi connectivity index (χ0) is 19.3. The van der Waals surface area contributed by atoms with Gasteiger partial charge in [-0.05, 0) is 35.4 Å². The van der Waals surface area contributed by atoms with Crippen molar-refractivity contribution in [3.8, 4) is 16.9 Å². The van der Waals surface area contributed by atoms with Crippen LogP contribution in [-0.2, 0) is 4.79 Å². The summed E-state index contributed by atoms with van der Waals surface area (Å²) in [6, 6.07) is 8.73. The fourth-order valence-electron chi connectivity index (χ4n) is 2.23. The van der Waals surface area contributed by atoms with Crippen LogP contribution in [0.4, 0.5) is 5.69 Å². The lowest BCUT2D eigenvalue weighted by atomic mass is 10.00. The predicted molar refractivity (Wildman–Crippen MR) is 89.9 cm³/mol. The third kappa shape index (κ3) is 4.20. The Labute approximate surface area is 147 Å². The van der Waals surface area contributed by atoms with Crippen molar-refractivity contribution < 1.29 is 29.7 Å². The summed E-state index contributed by atoms with van der Waals surface area (Å²) in [7, 11) is 0. The second kappa shape index (κ2) is 7.88. The Morgan fingerprint density at radius 2 is 1.69 bits per heavy atom. The van der Waals surface area contributed by atoms with E-state index in [2.05, 4.69) is 10.4 Å². The summed E-state index contributed by atoms with van der Waals surface area (Å²) in [5.74, 6) is -3.40. The zero-order valence-electron chi connectivity index (χ0n) is 13.4. The molecule has 0 fully saturated rings. The van der Waals surface area contributed by atoms with Crippen molar-refractivity contribution in [2.45, 2.75) is 6.42 Å². The second-order valence-electron chi connectivity index (χ2n) is 5.29. The Morgan fingerprint density at radius 1 is 1.04 bits per heavy atom. The molecule has 0 heterocycles. The minimum absolute atomic E-state index is 0.00418. The number of aromatic hydroxyl groups is 1. The normalized spacial score (nSPS) is 10.2. The molecule has 9 nitrogen and oxygen atoms in total. The Balaban J connectivity index is 2.26. The van der Waals surface area contributed by atoms with E-state index in [0.29, 0.717) is 16.7 Å². The van der Waals surface area contributed by atoms with Crippen LogP contribution in [0.3, 0.4) is 0 Å². The fraction of sp³-hybridized carbons (Fsp3) is 0.118. The van der Waals surface area contributed by atoms with E-state index >= 15 is 0 Å². The van der Waals surface area contributed by atoms with Gasteiger partial charge in [0, 0.05) is 12.1 Å². The summed E-state index contributed by atoms with van der Waals surface area (Å²) in [6.45, 7) is 0.00418. The summed E-state index contributed by atoms with van der Waals surface area (Å²) in [5, 5.41) is 33.1. The number of carboxylic acid groups (broad SMARTS) is 2. The van der Waals surface area contributed by atoms with Gasteiger partial charge in [-0.3, -0.25) is 9.59 Å². The number of nitrogens with one attached hydrogen (secondary N) is 2. The van der Waals surface area contributed by atoms with Crippen LogP contribution in [0.1, 0.15) is 27.1 Å². The first-order chi connectivity index (χ1) is 12.3. The van der Waals surface area contributed by atoms with Crippen molar-refractivity contribution >= 4 is 23.5 Å². The van der Waals surface area contributed by atoms with Crippen LogP contribution in [0.15, 0.2) is 41.5 Å². The number of carbonyl (C=O) groups is 3. The number of benzene rings is 2. The van der Waals surface area contributed by atoms with Gasteiger partial charge < -0.3 is 20.6 Å². The number of nitrogens with zero attached hydrogens (tertiary/aromatic N) is 1. The Kier molecular flexibility index (Phi) is 5.63. The van der Waals surface area contributed by atoms with Crippen LogP contribution < -0.4 is 5.32 Å². The number of hydrogen-bond donors (Lipinski definition) is 5. The topological polar surface area (TPSA) is 160 Å². The lowest BCUT2D eigenvalue weighted by Crippen LogP contribution is -2.25. The average molecular weight is 357 g/mol. The van der Waals surface area contributed by atoms with E-state index in [-0.39, 0.29) is 24.2 Å². The highest BCUT2D eigenvalue weighted by Crippen LogP contribution is 2.35. The van der Waals surface area contributed by atoms with E-state index in [4.69, 9.17) is 15.7 Å². The van der Waals surface area contributed by atoms with Gasteiger partial charge >= 0.3 is 11.9 Å². The van der Waals surface area contributed by atoms with Crippen molar-refractivity contribution in [1.82, 2.24) is 5.32 Å². The van der Waals surface area contributed by atoms with E-state index in [1.165, 1.54) is 24.3 Å². The fourth-order valence-corrected chi connectivity index (χ4v) is 2.23. The molecule has 5 N–H and O–H groups in total. The maximum atomic E-state index is 11.9. The lowest BCUT2D eigenvalue weighted by Gasteiger charge is -2.09. The van der Waals surface area contributed by atoms with Gasteiger partial charge in [-0.15, -0.1) is 0 Å². The van der Waals surface area contributed by atoms with E-state index in [1.807, 2.05) is 0 Å². The minimum atomic E-state index is -1.36. The molecule has 2 aromatic carbocycles. The highest BCUT2D eigenvalue weighted by atomic mass is 16.4. The highest BCUT2D eigenvalue weighted by molar-refractivity contribution is 5.96. The van der Waals surface area contributed by atoms with Gasteiger partial charge in [0.15, 0.2) is 5.75 Å². The largest absolute Gasteiger partial charge is 0.505 e. The van der Waals surface area contributed by atoms with Crippen LogP contribution >= 0.6 is 0 Å². The molecular formula is C17H15N3O6. The number of amides is 1. The van der Waals surface area contributed by atoms with Gasteiger partial charge in [0.05, 0.1) is 6.42 Å². The smallest absolute Gasteiger partial charge is 0.339 e. The number of phenols is 1. The van der Waals surface area contributed by atoms with E-state index in [0.717, 1.165) is 0 Å². The number of carbonyl (C=O) groups excluding carboxylic acids is 1. The molecule has 0 saturated heterocycles. The summed E-state index contributed by atoms with van der Waals surface area (Å²) < 4.78 is 0. The molecule has 0 aliphatic heterocycles. The summed E-state index contributed by atoms with van der Waals surface area (Å²) in [4.78, 5) is 33.6. The monoisotopic (exact) mass is 357 g/mol. The van der Waals surface area contributed by atoms with Gasteiger partial charge in [0.2, 0.25) is 0 Å². The highest BCUT2D eigenvalue weighted by Gasteiger charge is 2.16. The number of aliphatic carboxylic acids is 1. The summed E-state index contributed by atoms with van der Waals surface area (Å²) in [6.07, 6.45) is -0.186. The zero-order valence-corrected chi connectivity index (χ0v) is 13.4. The Morgan fingerprint density at radius 3 is 2.23 bits per heavy atom. The van der Waals surface area contributed by atoms with E-state index < -0.39 is 23.6 Å². The number of aromatic carboxylic acids is 1. The molecule has 0 saturated carbocycles. The summed E-state index contributed by atoms with van der Waals surface area (Å²) >= 11 is 0. The molecule has 9 heteroatoms. The minimum Gasteiger partial charge on any atom is -0.505 e. The van der Waals surface area contributed by atoms with Crippen molar-refractivity contribution in [3.63, 3.8) is 0 Å². The summed E-state index contributed by atoms with van der Waals surface area (Å²) in [5.41, 5.74) is 7.74. The van der Waals surface area contributed by atoms with Crippen LogP contribution in [-0.4, -0.2) is 39.7 Å². The van der Waals surface area contributed by atoms with Gasteiger partial charge in [0.25, 0.3) is 5.91 Å². The van der Waals surface area contributed by atoms with Gasteiger partial charge in [-0.1, -0.05) is 12.1 Å². The maximum Gasteiger partial charge on any atom is 0.339 e. The molecule has 2 rings (SSSR count). The average Bonchev–Trinajstić information content (AvgIpc) is 2.61. The van der Waals surface area contributed by atoms with Crippen LogP contribution in [0.2, 0.25) is 0 Å². The maximum absolute atomic E-state index is 11.9. The molecule has 134 valence electrons. The predicted octanol–water partition coefficient (Wildman–Crippen LogP) is 2.62. The molecule has 0 aliphatic rings. The molecule has 0 bridgehead atoms. The van der Waals surface area contributed by atoms with Crippen LogP contribution in [0.5, 0.6) is 5.75 Å². The molecule has 0 atom stereocenters. The second-order valence-corrected chi connectivity index (χ2v) is 5.29. The Bertz CT molecular complexity index is 877. The van der Waals surface area contributed by atoms with Crippen molar-refractivity contribution in [2.24, 2.45) is 5.11 Å². The number of rotatable bonds is 7. The van der Waals surface area contributed by atoms with Crippen molar-refractivity contribution in [3.05, 3.63) is 47.5 Å². The van der Waals surface area contributed by atoms with Gasteiger partial charge in [-0.2, -0.15) is 5.11 Å². The molecule has 0 spiro atoms. The first-order valence-corrected chi connectivity index (χ1v) is 7.41. The van der Waals surface area contributed by atoms with E-state index in [9.17, 15) is 19.5 Å². The quantitative estimate of drug-likeness (QED) is 0.479.